The smallest absolute Gasteiger partial charge is 0.412 e. The summed E-state index contributed by atoms with van der Waals surface area (Å²) >= 11 is 0. The summed E-state index contributed by atoms with van der Waals surface area (Å²) in [5, 5.41) is 8.59. The van der Waals surface area contributed by atoms with Crippen molar-refractivity contribution in [2.75, 3.05) is 74.3 Å². The van der Waals surface area contributed by atoms with E-state index < -0.39 is 11.7 Å². The first-order valence-corrected chi connectivity index (χ1v) is 15.1. The first-order valence-electron chi connectivity index (χ1n) is 15.1. The molecular weight excluding hydrogens is 572 g/mol. The van der Waals surface area contributed by atoms with Crippen LogP contribution >= 0.6 is 0 Å². The van der Waals surface area contributed by atoms with Crippen LogP contribution in [0.2, 0.25) is 0 Å². The van der Waals surface area contributed by atoms with E-state index in [2.05, 4.69) is 20.9 Å². The molecule has 1 heterocycles. The molecule has 1 fully saturated rings. The van der Waals surface area contributed by atoms with E-state index >= 15 is 0 Å². The lowest BCUT2D eigenvalue weighted by Crippen LogP contribution is -2.44. The zero-order valence-corrected chi connectivity index (χ0v) is 26.8. The van der Waals surface area contributed by atoms with Crippen LogP contribution in [0.25, 0.3) is 0 Å². The Balaban J connectivity index is 1.41. The average Bonchev–Trinajstić information content (AvgIpc) is 3.00. The lowest BCUT2D eigenvalue weighted by atomic mass is 10.1. The molecule has 45 heavy (non-hydrogen) atoms. The van der Waals surface area contributed by atoms with Gasteiger partial charge in [0.15, 0.2) is 0 Å². The first kappa shape index (κ1) is 33.3. The summed E-state index contributed by atoms with van der Waals surface area (Å²) in [7, 11) is 3.94. The summed E-state index contributed by atoms with van der Waals surface area (Å²) in [4.78, 5) is 44.9. The maximum absolute atomic E-state index is 13.4. The maximum Gasteiger partial charge on any atom is 0.412 e. The highest BCUT2D eigenvalue weighted by atomic mass is 16.6. The Labute approximate surface area is 265 Å². The number of carbonyl (C=O) groups is 3. The number of para-hydroxylation sites is 2. The Morgan fingerprint density at radius 2 is 1.47 bits per heavy atom. The Bertz CT molecular complexity index is 1430. The highest BCUT2D eigenvalue weighted by molar-refractivity contribution is 6.06. The van der Waals surface area contributed by atoms with Crippen LogP contribution in [0.3, 0.4) is 0 Å². The molecule has 1 aliphatic heterocycles. The van der Waals surface area contributed by atoms with Gasteiger partial charge in [0.1, 0.15) is 5.60 Å². The Morgan fingerprint density at radius 3 is 2.07 bits per heavy atom. The molecule has 0 bridgehead atoms. The molecule has 4 amide bonds. The van der Waals surface area contributed by atoms with E-state index in [0.29, 0.717) is 43.2 Å². The van der Waals surface area contributed by atoms with E-state index in [1.54, 1.807) is 62.1 Å². The zero-order valence-electron chi connectivity index (χ0n) is 26.8. The summed E-state index contributed by atoms with van der Waals surface area (Å²) in [6.07, 6.45) is -0.610. The third-order valence-electron chi connectivity index (χ3n) is 7.11. The standard InChI is InChI=1S/C34H44N6O5/c1-34(2,3)45-33(43)37-30-9-7-6-8-29(30)36-31(41)26-12-10-25(11-13-26)24-40(19-18-39-20-22-44-23-21-39)32(42)35-27-14-16-28(17-15-27)38(4)5/h6-17H,18-24H2,1-5H3,(H,35,42)(H,36,41)(H,37,43). The molecular formula is C34H44N6O5. The molecule has 0 saturated carbocycles. The van der Waals surface area contributed by atoms with Gasteiger partial charge in [-0.3, -0.25) is 15.0 Å². The van der Waals surface area contributed by atoms with Crippen LogP contribution in [0.15, 0.2) is 72.8 Å². The van der Waals surface area contributed by atoms with Gasteiger partial charge in [-0.1, -0.05) is 24.3 Å². The Kier molecular flexibility index (Phi) is 11.4. The molecule has 0 unspecified atom stereocenters. The summed E-state index contributed by atoms with van der Waals surface area (Å²) in [5.41, 5.74) is 3.31. The van der Waals surface area contributed by atoms with Crippen molar-refractivity contribution in [1.29, 1.82) is 0 Å². The zero-order chi connectivity index (χ0) is 32.4. The minimum Gasteiger partial charge on any atom is -0.444 e. The van der Waals surface area contributed by atoms with Gasteiger partial charge in [-0.15, -0.1) is 0 Å². The summed E-state index contributed by atoms with van der Waals surface area (Å²) in [5.74, 6) is -0.330. The molecule has 11 heteroatoms. The van der Waals surface area contributed by atoms with Gasteiger partial charge in [0.2, 0.25) is 0 Å². The first-order chi connectivity index (χ1) is 21.5. The maximum atomic E-state index is 13.4. The fourth-order valence-electron chi connectivity index (χ4n) is 4.68. The number of anilines is 4. The number of amides is 4. The summed E-state index contributed by atoms with van der Waals surface area (Å²) < 4.78 is 10.8. The van der Waals surface area contributed by atoms with Gasteiger partial charge in [-0.2, -0.15) is 0 Å². The topological polar surface area (TPSA) is 115 Å². The number of rotatable bonds is 10. The molecule has 0 radical (unpaired) electrons. The lowest BCUT2D eigenvalue weighted by molar-refractivity contribution is 0.0349. The van der Waals surface area contributed by atoms with Gasteiger partial charge in [0.05, 0.1) is 24.6 Å². The molecule has 1 saturated heterocycles. The second-order valence-electron chi connectivity index (χ2n) is 12.1. The predicted molar refractivity (Wildman–Crippen MR) is 178 cm³/mol. The van der Waals surface area contributed by atoms with Crippen LogP contribution < -0.4 is 20.9 Å². The van der Waals surface area contributed by atoms with Gasteiger partial charge in [0, 0.05) is 63.8 Å². The second-order valence-corrected chi connectivity index (χ2v) is 12.1. The molecule has 11 nitrogen and oxygen atoms in total. The SMILES string of the molecule is CN(C)c1ccc(NC(=O)N(CCN2CCOCC2)Cc2ccc(C(=O)Nc3ccccc3NC(=O)OC(C)(C)C)cc2)cc1. The van der Waals surface area contributed by atoms with Gasteiger partial charge >= 0.3 is 12.1 Å². The van der Waals surface area contributed by atoms with Crippen molar-refractivity contribution >= 4 is 40.8 Å². The number of hydrogen-bond acceptors (Lipinski definition) is 7. The number of nitrogens with zero attached hydrogens (tertiary/aromatic N) is 3. The van der Waals surface area contributed by atoms with Crippen LogP contribution in [-0.4, -0.2) is 86.9 Å². The van der Waals surface area contributed by atoms with Gasteiger partial charge in [0.25, 0.3) is 5.91 Å². The van der Waals surface area contributed by atoms with Gasteiger partial charge in [-0.25, -0.2) is 9.59 Å². The molecule has 1 aliphatic rings. The monoisotopic (exact) mass is 616 g/mol. The lowest BCUT2D eigenvalue weighted by Gasteiger charge is -2.30. The Hall–Kier alpha value is -4.61. The largest absolute Gasteiger partial charge is 0.444 e. The van der Waals surface area contributed by atoms with Crippen LogP contribution in [-0.2, 0) is 16.0 Å². The molecule has 3 aromatic rings. The van der Waals surface area contributed by atoms with E-state index in [1.807, 2.05) is 55.4 Å². The number of benzene rings is 3. The number of urea groups is 1. The van der Waals surface area contributed by atoms with E-state index in [0.717, 1.165) is 36.6 Å². The highest BCUT2D eigenvalue weighted by Crippen LogP contribution is 2.23. The quantitative estimate of drug-likeness (QED) is 0.267. The number of nitrogens with one attached hydrogen (secondary N) is 3. The van der Waals surface area contributed by atoms with Crippen molar-refractivity contribution in [3.63, 3.8) is 0 Å². The van der Waals surface area contributed by atoms with Crippen LogP contribution in [0.1, 0.15) is 36.7 Å². The molecule has 240 valence electrons. The van der Waals surface area contributed by atoms with Crippen molar-refractivity contribution in [2.45, 2.75) is 32.9 Å². The van der Waals surface area contributed by atoms with E-state index in [4.69, 9.17) is 9.47 Å². The van der Waals surface area contributed by atoms with E-state index in [-0.39, 0.29) is 11.9 Å². The number of hydrogen-bond donors (Lipinski definition) is 3. The molecule has 3 aromatic carbocycles. The molecule has 4 rings (SSSR count). The molecule has 3 N–H and O–H groups in total. The Morgan fingerprint density at radius 1 is 0.844 bits per heavy atom. The minimum atomic E-state index is -0.652. The minimum absolute atomic E-state index is 0.197. The fourth-order valence-corrected chi connectivity index (χ4v) is 4.68. The van der Waals surface area contributed by atoms with Crippen molar-refractivity contribution in [3.05, 3.63) is 83.9 Å². The van der Waals surface area contributed by atoms with Crippen LogP contribution in [0, 0.1) is 0 Å². The van der Waals surface area contributed by atoms with E-state index in [1.165, 1.54) is 0 Å². The van der Waals surface area contributed by atoms with E-state index in [9.17, 15) is 14.4 Å². The molecule has 0 atom stereocenters. The summed E-state index contributed by atoms with van der Waals surface area (Å²) in [6, 6.07) is 21.6. The molecule has 0 aliphatic carbocycles. The molecule has 0 aromatic heterocycles. The summed E-state index contributed by atoms with van der Waals surface area (Å²) in [6.45, 7) is 10.0. The van der Waals surface area contributed by atoms with Crippen molar-refractivity contribution in [1.82, 2.24) is 9.80 Å². The van der Waals surface area contributed by atoms with Crippen molar-refractivity contribution in [3.8, 4) is 0 Å². The van der Waals surface area contributed by atoms with Crippen LogP contribution in [0.5, 0.6) is 0 Å². The van der Waals surface area contributed by atoms with Crippen LogP contribution in [0.4, 0.5) is 32.3 Å². The van der Waals surface area contributed by atoms with Crippen molar-refractivity contribution < 1.29 is 23.9 Å². The second kappa shape index (κ2) is 15.4. The number of carbonyl (C=O) groups excluding carboxylic acids is 3. The highest BCUT2D eigenvalue weighted by Gasteiger charge is 2.20. The number of morpholine rings is 1. The fraction of sp³-hybridized carbons (Fsp3) is 0.382. The average molecular weight is 617 g/mol. The van der Waals surface area contributed by atoms with Crippen molar-refractivity contribution in [2.24, 2.45) is 0 Å². The third kappa shape index (κ3) is 10.5. The predicted octanol–water partition coefficient (Wildman–Crippen LogP) is 5.72. The normalized spacial score (nSPS) is 13.4. The molecule has 0 spiro atoms. The van der Waals surface area contributed by atoms with Gasteiger partial charge in [-0.05, 0) is 74.9 Å². The van der Waals surface area contributed by atoms with Gasteiger partial charge < -0.3 is 29.9 Å². The third-order valence-corrected chi connectivity index (χ3v) is 7.11. The number of ether oxygens (including phenoxy) is 2.